The van der Waals surface area contributed by atoms with Gasteiger partial charge in [0.05, 0.1) is 24.8 Å². The second kappa shape index (κ2) is 10.4. The summed E-state index contributed by atoms with van der Waals surface area (Å²) < 4.78 is 7.68. The Kier molecular flexibility index (Phi) is 7.87. The Morgan fingerprint density at radius 3 is 2.64 bits per heavy atom. The lowest BCUT2D eigenvalue weighted by atomic mass is 9.91. The van der Waals surface area contributed by atoms with Crippen LogP contribution in [0, 0.1) is 19.8 Å². The summed E-state index contributed by atoms with van der Waals surface area (Å²) in [7, 11) is 1.53. The molecule has 8 heteroatoms. The molecule has 178 valence electrons. The van der Waals surface area contributed by atoms with Gasteiger partial charge in [-0.25, -0.2) is 0 Å². The van der Waals surface area contributed by atoms with Gasteiger partial charge in [0.25, 0.3) is 11.5 Å². The molecule has 4 rings (SSSR count). The van der Waals surface area contributed by atoms with E-state index < -0.39 is 0 Å². The Morgan fingerprint density at radius 2 is 1.94 bits per heavy atom. The van der Waals surface area contributed by atoms with Crippen molar-refractivity contribution in [2.45, 2.75) is 46.2 Å². The van der Waals surface area contributed by atoms with Gasteiger partial charge < -0.3 is 24.9 Å². The van der Waals surface area contributed by atoms with E-state index in [1.54, 1.807) is 13.0 Å². The number of carbonyl (C=O) groups is 1. The maximum atomic E-state index is 13.4. The lowest BCUT2D eigenvalue weighted by Crippen LogP contribution is -2.32. The Morgan fingerprint density at radius 1 is 1.24 bits per heavy atom. The van der Waals surface area contributed by atoms with E-state index in [-0.39, 0.29) is 30.4 Å². The summed E-state index contributed by atoms with van der Waals surface area (Å²) in [4.78, 5) is 28.6. The van der Waals surface area contributed by atoms with Crippen molar-refractivity contribution >= 4 is 29.2 Å². The maximum Gasteiger partial charge on any atom is 0.256 e. The number of aromatic nitrogens is 2. The first kappa shape index (κ1) is 24.9. The molecule has 1 amide bonds. The van der Waals surface area contributed by atoms with Gasteiger partial charge >= 0.3 is 0 Å². The van der Waals surface area contributed by atoms with Crippen molar-refractivity contribution in [1.29, 1.82) is 0 Å². The molecular formula is C25H33ClN4O3. The molecule has 3 heterocycles. The highest BCUT2D eigenvalue weighted by Crippen LogP contribution is 2.34. The largest absolute Gasteiger partial charge is 0.496 e. The second-order valence-electron chi connectivity index (χ2n) is 8.69. The minimum absolute atomic E-state index is 0. The Balaban J connectivity index is 0.00000306. The van der Waals surface area contributed by atoms with Crippen LogP contribution in [0.3, 0.4) is 0 Å². The van der Waals surface area contributed by atoms with Crippen LogP contribution in [0.1, 0.15) is 53.1 Å². The first-order chi connectivity index (χ1) is 15.4. The fourth-order valence-corrected chi connectivity index (χ4v) is 5.03. The zero-order valence-electron chi connectivity index (χ0n) is 19.7. The predicted octanol–water partition coefficient (Wildman–Crippen LogP) is 3.87. The first-order valence-corrected chi connectivity index (χ1v) is 11.3. The van der Waals surface area contributed by atoms with E-state index in [1.165, 1.54) is 7.11 Å². The summed E-state index contributed by atoms with van der Waals surface area (Å²) >= 11 is 0. The van der Waals surface area contributed by atoms with Crippen LogP contribution in [0.2, 0.25) is 0 Å². The summed E-state index contributed by atoms with van der Waals surface area (Å²) in [6.07, 6.45) is 2.26. The fraction of sp³-hybridized carbons (Fsp3) is 0.440. The third-order valence-electron chi connectivity index (χ3n) is 6.73. The summed E-state index contributed by atoms with van der Waals surface area (Å²) in [6.45, 7) is 8.25. The quantitative estimate of drug-likeness (QED) is 0.508. The van der Waals surface area contributed by atoms with Gasteiger partial charge in [-0.2, -0.15) is 0 Å². The minimum Gasteiger partial charge on any atom is -0.496 e. The molecule has 1 atom stereocenters. The average Bonchev–Trinajstić information content (AvgIpc) is 3.09. The van der Waals surface area contributed by atoms with Gasteiger partial charge in [0.15, 0.2) is 0 Å². The van der Waals surface area contributed by atoms with E-state index >= 15 is 0 Å². The number of aromatic amines is 1. The van der Waals surface area contributed by atoms with Crippen LogP contribution in [0.25, 0.3) is 10.9 Å². The van der Waals surface area contributed by atoms with E-state index in [1.807, 2.05) is 25.1 Å². The minimum atomic E-state index is -0.249. The smallest absolute Gasteiger partial charge is 0.256 e. The van der Waals surface area contributed by atoms with E-state index in [9.17, 15) is 9.59 Å². The number of hydrogen-bond acceptors (Lipinski definition) is 4. The molecule has 1 aromatic carbocycles. The number of nitrogens with zero attached hydrogens (tertiary/aromatic N) is 1. The second-order valence-corrected chi connectivity index (χ2v) is 8.69. The highest BCUT2D eigenvalue weighted by atomic mass is 35.5. The number of fused-ring (bicyclic) bond motifs is 1. The monoisotopic (exact) mass is 472 g/mol. The standard InChI is InChI=1S/C25H32N4O3.ClH/c1-15-13-22(32-4)20(24(30)28-15)14-27-25(31)23-17(3)29(21-8-6-5-7-19(21)23)16(2)18-9-11-26-12-10-18;/h5-8,13,16,18,26H,9-12,14H2,1-4H3,(H,27,31)(H,28,30);1H. The summed E-state index contributed by atoms with van der Waals surface area (Å²) in [6, 6.07) is 10.1. The number of methoxy groups -OCH3 is 1. The van der Waals surface area contributed by atoms with Crippen LogP contribution in [0.5, 0.6) is 5.75 Å². The number of rotatable bonds is 6. The van der Waals surface area contributed by atoms with Gasteiger partial charge in [-0.15, -0.1) is 12.4 Å². The lowest BCUT2D eigenvalue weighted by molar-refractivity contribution is 0.0951. The number of halogens is 1. The third kappa shape index (κ3) is 4.80. The summed E-state index contributed by atoms with van der Waals surface area (Å²) in [5.41, 5.74) is 3.58. The topological polar surface area (TPSA) is 88.2 Å². The molecule has 33 heavy (non-hydrogen) atoms. The number of benzene rings is 1. The number of piperidine rings is 1. The first-order valence-electron chi connectivity index (χ1n) is 11.3. The zero-order chi connectivity index (χ0) is 22.8. The number of para-hydroxylation sites is 1. The average molecular weight is 473 g/mol. The normalized spacial score (nSPS) is 15.2. The Labute approximate surface area is 200 Å². The molecule has 1 unspecified atom stereocenters. The molecule has 1 aliphatic heterocycles. The van der Waals surface area contributed by atoms with Gasteiger partial charge in [0.1, 0.15) is 5.75 Å². The van der Waals surface area contributed by atoms with Crippen LogP contribution in [0.4, 0.5) is 0 Å². The van der Waals surface area contributed by atoms with Crippen molar-refractivity contribution < 1.29 is 9.53 Å². The van der Waals surface area contributed by atoms with Gasteiger partial charge in [-0.3, -0.25) is 9.59 Å². The molecule has 3 aromatic rings. The van der Waals surface area contributed by atoms with E-state index in [0.717, 1.165) is 42.5 Å². The number of amides is 1. The highest BCUT2D eigenvalue weighted by molar-refractivity contribution is 6.08. The molecule has 0 radical (unpaired) electrons. The van der Waals surface area contributed by atoms with Crippen molar-refractivity contribution in [3.05, 3.63) is 63.2 Å². The molecule has 1 fully saturated rings. The van der Waals surface area contributed by atoms with E-state index in [4.69, 9.17) is 4.74 Å². The number of ether oxygens (including phenoxy) is 1. The number of nitrogens with one attached hydrogen (secondary N) is 3. The molecule has 0 aliphatic carbocycles. The fourth-order valence-electron chi connectivity index (χ4n) is 5.03. The summed E-state index contributed by atoms with van der Waals surface area (Å²) in [5.74, 6) is 0.860. The number of H-pyrrole nitrogens is 1. The van der Waals surface area contributed by atoms with Crippen molar-refractivity contribution in [1.82, 2.24) is 20.2 Å². The molecule has 3 N–H and O–H groups in total. The predicted molar refractivity (Wildman–Crippen MR) is 134 cm³/mol. The number of hydrogen-bond donors (Lipinski definition) is 3. The van der Waals surface area contributed by atoms with Crippen LogP contribution in [-0.4, -0.2) is 35.7 Å². The molecule has 2 aromatic heterocycles. The zero-order valence-corrected chi connectivity index (χ0v) is 20.5. The molecule has 1 saturated heterocycles. The number of pyridine rings is 1. The summed E-state index contributed by atoms with van der Waals surface area (Å²) in [5, 5.41) is 7.32. The van der Waals surface area contributed by atoms with E-state index in [2.05, 4.69) is 33.2 Å². The maximum absolute atomic E-state index is 13.4. The van der Waals surface area contributed by atoms with Crippen LogP contribution >= 0.6 is 12.4 Å². The SMILES string of the molecule is COc1cc(C)[nH]c(=O)c1CNC(=O)c1c(C)n(C(C)C2CCNCC2)c2ccccc12.Cl. The van der Waals surface area contributed by atoms with Gasteiger partial charge in [0.2, 0.25) is 0 Å². The van der Waals surface area contributed by atoms with Crippen molar-refractivity contribution in [3.8, 4) is 5.75 Å². The molecule has 1 aliphatic rings. The van der Waals surface area contributed by atoms with Gasteiger partial charge in [0, 0.05) is 28.3 Å². The van der Waals surface area contributed by atoms with Crippen LogP contribution in [-0.2, 0) is 6.54 Å². The molecule has 7 nitrogen and oxygen atoms in total. The van der Waals surface area contributed by atoms with Crippen molar-refractivity contribution in [3.63, 3.8) is 0 Å². The lowest BCUT2D eigenvalue weighted by Gasteiger charge is -2.30. The molecular weight excluding hydrogens is 440 g/mol. The van der Waals surface area contributed by atoms with Crippen molar-refractivity contribution in [2.24, 2.45) is 5.92 Å². The van der Waals surface area contributed by atoms with Gasteiger partial charge in [-0.1, -0.05) is 18.2 Å². The van der Waals surface area contributed by atoms with Crippen LogP contribution in [0.15, 0.2) is 35.1 Å². The molecule has 0 bridgehead atoms. The van der Waals surface area contributed by atoms with Crippen LogP contribution < -0.4 is 20.9 Å². The Hall–Kier alpha value is -2.77. The molecule has 0 saturated carbocycles. The Bertz CT molecular complexity index is 1190. The third-order valence-corrected chi connectivity index (χ3v) is 6.73. The van der Waals surface area contributed by atoms with Gasteiger partial charge in [-0.05, 0) is 64.8 Å². The van der Waals surface area contributed by atoms with Crippen molar-refractivity contribution in [2.75, 3.05) is 20.2 Å². The number of carbonyl (C=O) groups excluding carboxylic acids is 1. The van der Waals surface area contributed by atoms with E-state index in [0.29, 0.717) is 34.5 Å². The number of aryl methyl sites for hydroxylation is 1. The highest BCUT2D eigenvalue weighted by Gasteiger charge is 2.27. The molecule has 0 spiro atoms.